The highest BCUT2D eigenvalue weighted by molar-refractivity contribution is 7.99. The summed E-state index contributed by atoms with van der Waals surface area (Å²) in [7, 11) is 0. The molecule has 0 aromatic heterocycles. The summed E-state index contributed by atoms with van der Waals surface area (Å²) in [6.07, 6.45) is 14.1. The zero-order valence-electron chi connectivity index (χ0n) is 24.0. The third kappa shape index (κ3) is 7.50. The molecule has 1 saturated carbocycles. The number of hydrogen-bond acceptors (Lipinski definition) is 5. The standard InChI is InChI=1S/C34H45N3OS/c1-3-11-30-29-15-7-8-16-33(29)39-34-18-17-27(25-31(34)35-30)32(38)24-26(2)12-9-10-19-36-20-22-37(23-21-36)28-13-5-4-6-14-28/h7-8,12,15-18,25,28H,3-6,9-11,13-14,19-24H2,1-2H3/b26-12+. The Labute approximate surface area is 240 Å². The van der Waals surface area contributed by atoms with Crippen molar-refractivity contribution in [1.82, 2.24) is 9.80 Å². The van der Waals surface area contributed by atoms with Gasteiger partial charge in [0.1, 0.15) is 0 Å². The number of ketones is 1. The normalized spacial score (nSPS) is 19.2. The number of carbonyl (C=O) groups excluding carboxylic acids is 1. The fraction of sp³-hybridized carbons (Fsp3) is 0.529. The molecule has 0 amide bonds. The van der Waals surface area contributed by atoms with Gasteiger partial charge in [-0.05, 0) is 63.8 Å². The lowest BCUT2D eigenvalue weighted by Crippen LogP contribution is -2.50. The molecule has 208 valence electrons. The van der Waals surface area contributed by atoms with Crippen molar-refractivity contribution < 1.29 is 4.79 Å². The summed E-state index contributed by atoms with van der Waals surface area (Å²) in [5.74, 6) is 0.185. The Kier molecular flexibility index (Phi) is 10.1. The van der Waals surface area contributed by atoms with Crippen LogP contribution in [0, 0.1) is 0 Å². The van der Waals surface area contributed by atoms with Crippen molar-refractivity contribution >= 4 is 28.9 Å². The minimum atomic E-state index is 0.185. The van der Waals surface area contributed by atoms with Gasteiger partial charge >= 0.3 is 0 Å². The second-order valence-electron chi connectivity index (χ2n) is 11.6. The lowest BCUT2D eigenvalue weighted by atomic mass is 9.94. The molecular weight excluding hydrogens is 498 g/mol. The van der Waals surface area contributed by atoms with Gasteiger partial charge in [-0.25, -0.2) is 0 Å². The van der Waals surface area contributed by atoms with Gasteiger partial charge in [-0.15, -0.1) is 0 Å². The molecule has 0 bridgehead atoms. The average Bonchev–Trinajstić information content (AvgIpc) is 3.12. The Balaban J connectivity index is 1.11. The van der Waals surface area contributed by atoms with Crippen LogP contribution in [-0.4, -0.2) is 60.1 Å². The molecule has 0 unspecified atom stereocenters. The van der Waals surface area contributed by atoms with E-state index in [1.807, 2.05) is 12.1 Å². The number of hydrogen-bond donors (Lipinski definition) is 0. The predicted molar refractivity (Wildman–Crippen MR) is 165 cm³/mol. The number of fused-ring (bicyclic) bond motifs is 2. The minimum absolute atomic E-state index is 0.185. The molecule has 4 nitrogen and oxygen atoms in total. The van der Waals surface area contributed by atoms with E-state index in [0.29, 0.717) is 6.42 Å². The van der Waals surface area contributed by atoms with Crippen LogP contribution in [-0.2, 0) is 0 Å². The number of benzene rings is 2. The summed E-state index contributed by atoms with van der Waals surface area (Å²) in [5.41, 5.74) is 5.21. The first-order chi connectivity index (χ1) is 19.1. The van der Waals surface area contributed by atoms with Crippen molar-refractivity contribution in [3.63, 3.8) is 0 Å². The van der Waals surface area contributed by atoms with E-state index in [0.717, 1.165) is 47.2 Å². The molecule has 2 heterocycles. The number of piperazine rings is 1. The van der Waals surface area contributed by atoms with E-state index in [-0.39, 0.29) is 5.78 Å². The molecule has 2 aromatic carbocycles. The van der Waals surface area contributed by atoms with Gasteiger partial charge < -0.3 is 4.90 Å². The van der Waals surface area contributed by atoms with Gasteiger partial charge in [0.05, 0.1) is 5.69 Å². The van der Waals surface area contributed by atoms with E-state index < -0.39 is 0 Å². The van der Waals surface area contributed by atoms with Gasteiger partial charge in [0.15, 0.2) is 5.78 Å². The van der Waals surface area contributed by atoms with E-state index >= 15 is 0 Å². The van der Waals surface area contributed by atoms with E-state index in [1.54, 1.807) is 11.8 Å². The number of unbranched alkanes of at least 4 members (excludes halogenated alkanes) is 1. The van der Waals surface area contributed by atoms with E-state index in [2.05, 4.69) is 60.1 Å². The molecule has 1 saturated heterocycles. The Morgan fingerprint density at radius 1 is 1.03 bits per heavy atom. The SMILES string of the molecule is CCCC1=Nc2cc(C(=O)C/C(C)=C/CCCN3CCN(C4CCCCC4)CC3)ccc2Sc2ccccc21. The number of allylic oxidation sites excluding steroid dienone is 2. The second-order valence-corrected chi connectivity index (χ2v) is 12.6. The molecule has 0 N–H and O–H groups in total. The third-order valence-corrected chi connectivity index (χ3v) is 9.69. The highest BCUT2D eigenvalue weighted by Crippen LogP contribution is 2.41. The first-order valence-corrected chi connectivity index (χ1v) is 16.1. The van der Waals surface area contributed by atoms with Crippen LogP contribution in [0.15, 0.2) is 68.9 Å². The molecule has 2 aromatic rings. The van der Waals surface area contributed by atoms with Crippen LogP contribution in [0.5, 0.6) is 0 Å². The Bertz CT molecular complexity index is 1190. The minimum Gasteiger partial charge on any atom is -0.301 e. The number of carbonyl (C=O) groups is 1. The van der Waals surface area contributed by atoms with Gasteiger partial charge in [0.2, 0.25) is 0 Å². The van der Waals surface area contributed by atoms with Crippen LogP contribution in [0.3, 0.4) is 0 Å². The van der Waals surface area contributed by atoms with Crippen molar-refractivity contribution in [2.24, 2.45) is 4.99 Å². The molecule has 1 aliphatic carbocycles. The lowest BCUT2D eigenvalue weighted by molar-refractivity contribution is 0.0786. The first kappa shape index (κ1) is 28.3. The molecular formula is C34H45N3OS. The monoisotopic (exact) mass is 543 g/mol. The van der Waals surface area contributed by atoms with Crippen LogP contribution in [0.2, 0.25) is 0 Å². The van der Waals surface area contributed by atoms with E-state index in [4.69, 9.17) is 4.99 Å². The number of nitrogens with zero attached hydrogens (tertiary/aromatic N) is 3. The van der Waals surface area contributed by atoms with Crippen LogP contribution in [0.4, 0.5) is 5.69 Å². The van der Waals surface area contributed by atoms with E-state index in [9.17, 15) is 4.79 Å². The maximum Gasteiger partial charge on any atom is 0.166 e. The van der Waals surface area contributed by atoms with Crippen molar-refractivity contribution in [1.29, 1.82) is 0 Å². The molecule has 0 atom stereocenters. The molecule has 0 spiro atoms. The molecule has 2 aliphatic heterocycles. The predicted octanol–water partition coefficient (Wildman–Crippen LogP) is 8.32. The Morgan fingerprint density at radius 2 is 1.82 bits per heavy atom. The zero-order chi connectivity index (χ0) is 27.0. The third-order valence-electron chi connectivity index (χ3n) is 8.55. The summed E-state index contributed by atoms with van der Waals surface area (Å²) >= 11 is 1.76. The van der Waals surface area contributed by atoms with Crippen molar-refractivity contribution in [2.45, 2.75) is 93.9 Å². The van der Waals surface area contributed by atoms with Gasteiger partial charge in [0.25, 0.3) is 0 Å². The quantitative estimate of drug-likeness (QED) is 0.171. The van der Waals surface area contributed by atoms with Crippen molar-refractivity contribution in [3.8, 4) is 0 Å². The Morgan fingerprint density at radius 3 is 2.62 bits per heavy atom. The summed E-state index contributed by atoms with van der Waals surface area (Å²) < 4.78 is 0. The van der Waals surface area contributed by atoms with Crippen molar-refractivity contribution in [3.05, 3.63) is 65.2 Å². The van der Waals surface area contributed by atoms with Gasteiger partial charge in [-0.2, -0.15) is 0 Å². The van der Waals surface area contributed by atoms with Gasteiger partial charge in [-0.3, -0.25) is 14.7 Å². The van der Waals surface area contributed by atoms with E-state index in [1.165, 1.54) is 87.3 Å². The maximum atomic E-state index is 13.2. The first-order valence-electron chi connectivity index (χ1n) is 15.2. The van der Waals surface area contributed by atoms with Crippen LogP contribution in [0.25, 0.3) is 0 Å². The molecule has 5 heteroatoms. The summed E-state index contributed by atoms with van der Waals surface area (Å²) in [4.78, 5) is 26.0. The second kappa shape index (κ2) is 13.9. The summed E-state index contributed by atoms with van der Waals surface area (Å²) in [5, 5.41) is 0. The highest BCUT2D eigenvalue weighted by atomic mass is 32.2. The van der Waals surface area contributed by atoms with Crippen LogP contribution >= 0.6 is 11.8 Å². The van der Waals surface area contributed by atoms with Crippen molar-refractivity contribution in [2.75, 3.05) is 32.7 Å². The molecule has 39 heavy (non-hydrogen) atoms. The van der Waals surface area contributed by atoms with Crippen LogP contribution in [0.1, 0.15) is 94.0 Å². The molecule has 3 aliphatic rings. The number of rotatable bonds is 10. The van der Waals surface area contributed by atoms with Crippen LogP contribution < -0.4 is 0 Å². The topological polar surface area (TPSA) is 35.9 Å². The molecule has 5 rings (SSSR count). The highest BCUT2D eigenvalue weighted by Gasteiger charge is 2.24. The van der Waals surface area contributed by atoms with Gasteiger partial charge in [-0.1, -0.05) is 80.3 Å². The maximum absolute atomic E-state index is 13.2. The summed E-state index contributed by atoms with van der Waals surface area (Å²) in [6, 6.07) is 15.4. The smallest absolute Gasteiger partial charge is 0.166 e. The molecule has 0 radical (unpaired) electrons. The van der Waals surface area contributed by atoms with Gasteiger partial charge in [0, 0.05) is 65.3 Å². The average molecular weight is 544 g/mol. The number of Topliss-reactive ketones (excluding diaryl/α,β-unsaturated/α-hetero) is 1. The number of aliphatic imine (C=N–C) groups is 1. The zero-order valence-corrected chi connectivity index (χ0v) is 24.8. The largest absolute Gasteiger partial charge is 0.301 e. The fourth-order valence-electron chi connectivity index (χ4n) is 6.30. The summed E-state index contributed by atoms with van der Waals surface area (Å²) in [6.45, 7) is 10.4. The Hall–Kier alpha value is -2.21. The molecule has 2 fully saturated rings. The fourth-order valence-corrected chi connectivity index (χ4v) is 7.32. The lowest BCUT2D eigenvalue weighted by Gasteiger charge is -2.40.